The van der Waals surface area contributed by atoms with Gasteiger partial charge in [0.25, 0.3) is 0 Å². The van der Waals surface area contributed by atoms with Crippen LogP contribution >= 0.6 is 0 Å². The summed E-state index contributed by atoms with van der Waals surface area (Å²) in [5.41, 5.74) is -0.403. The van der Waals surface area contributed by atoms with Gasteiger partial charge in [0.05, 0.1) is 5.69 Å². The maximum atomic E-state index is 13.0. The van der Waals surface area contributed by atoms with Crippen LogP contribution in [0.2, 0.25) is 0 Å². The number of hydrogen-bond acceptors (Lipinski definition) is 1. The van der Waals surface area contributed by atoms with Crippen molar-refractivity contribution in [3.8, 4) is 0 Å². The summed E-state index contributed by atoms with van der Waals surface area (Å²) >= 11 is 0. The predicted molar refractivity (Wildman–Crippen MR) is 45.9 cm³/mol. The number of alkyl halides is 3. The monoisotopic (exact) mass is 221 g/mol. The Morgan fingerprint density at radius 1 is 1.27 bits per heavy atom. The first kappa shape index (κ1) is 11.5. The lowest BCUT2D eigenvalue weighted by Gasteiger charge is -2.18. The van der Waals surface area contributed by atoms with Gasteiger partial charge in [0, 0.05) is 7.05 Å². The van der Waals surface area contributed by atoms with Crippen LogP contribution in [0.15, 0.2) is 24.3 Å². The maximum Gasteiger partial charge on any atom is 0.471 e. The van der Waals surface area contributed by atoms with E-state index in [0.29, 0.717) is 0 Å². The number of rotatable bonds is 1. The van der Waals surface area contributed by atoms with E-state index in [1.54, 1.807) is 0 Å². The summed E-state index contributed by atoms with van der Waals surface area (Å²) in [5, 5.41) is 0. The Hall–Kier alpha value is -1.59. The third-order valence-corrected chi connectivity index (χ3v) is 1.76. The van der Waals surface area contributed by atoms with Crippen molar-refractivity contribution in [2.45, 2.75) is 6.18 Å². The molecule has 15 heavy (non-hydrogen) atoms. The van der Waals surface area contributed by atoms with E-state index >= 15 is 0 Å². The molecule has 0 bridgehead atoms. The van der Waals surface area contributed by atoms with Crippen LogP contribution in [0.1, 0.15) is 0 Å². The van der Waals surface area contributed by atoms with Gasteiger partial charge in [-0.05, 0) is 12.1 Å². The number of benzene rings is 1. The second-order valence-corrected chi connectivity index (χ2v) is 2.81. The van der Waals surface area contributed by atoms with E-state index in [-0.39, 0.29) is 4.90 Å². The Kier molecular flexibility index (Phi) is 2.97. The summed E-state index contributed by atoms with van der Waals surface area (Å²) in [6.07, 6.45) is -5.00. The normalized spacial score (nSPS) is 11.3. The molecule has 1 rings (SSSR count). The van der Waals surface area contributed by atoms with Gasteiger partial charge >= 0.3 is 12.1 Å². The number of halogens is 4. The van der Waals surface area contributed by atoms with Gasteiger partial charge in [-0.15, -0.1) is 0 Å². The van der Waals surface area contributed by atoms with Gasteiger partial charge in [-0.1, -0.05) is 12.1 Å². The molecule has 0 radical (unpaired) electrons. The molecule has 1 aromatic rings. The molecule has 0 heterocycles. The minimum absolute atomic E-state index is 0.231. The van der Waals surface area contributed by atoms with E-state index in [2.05, 4.69) is 0 Å². The molecular weight excluding hydrogens is 214 g/mol. The molecular formula is C9H7F4NO. The van der Waals surface area contributed by atoms with Crippen molar-refractivity contribution in [3.05, 3.63) is 30.1 Å². The van der Waals surface area contributed by atoms with Crippen LogP contribution in [-0.2, 0) is 4.79 Å². The zero-order chi connectivity index (χ0) is 11.6. The highest BCUT2D eigenvalue weighted by Crippen LogP contribution is 2.24. The number of carbonyl (C=O) groups excluding carboxylic acids is 1. The molecule has 0 aliphatic rings. The molecule has 6 heteroatoms. The highest BCUT2D eigenvalue weighted by atomic mass is 19.4. The fraction of sp³-hybridized carbons (Fsp3) is 0.222. The predicted octanol–water partition coefficient (Wildman–Crippen LogP) is 2.35. The Balaban J connectivity index is 3.01. The number of carbonyl (C=O) groups is 1. The highest BCUT2D eigenvalue weighted by molar-refractivity contribution is 5.96. The second kappa shape index (κ2) is 3.88. The van der Waals surface area contributed by atoms with E-state index in [9.17, 15) is 22.4 Å². The van der Waals surface area contributed by atoms with Crippen molar-refractivity contribution in [1.29, 1.82) is 0 Å². The summed E-state index contributed by atoms with van der Waals surface area (Å²) in [7, 11) is 0.869. The molecule has 0 spiro atoms. The lowest BCUT2D eigenvalue weighted by molar-refractivity contribution is -0.170. The molecule has 2 nitrogen and oxygen atoms in total. The molecule has 1 aromatic carbocycles. The van der Waals surface area contributed by atoms with Crippen molar-refractivity contribution < 1.29 is 22.4 Å². The van der Waals surface area contributed by atoms with E-state index in [0.717, 1.165) is 19.2 Å². The summed E-state index contributed by atoms with van der Waals surface area (Å²) in [6.45, 7) is 0. The van der Waals surface area contributed by atoms with Gasteiger partial charge in [0.1, 0.15) is 5.82 Å². The fourth-order valence-corrected chi connectivity index (χ4v) is 1.02. The van der Waals surface area contributed by atoms with Crippen LogP contribution < -0.4 is 4.90 Å². The molecule has 0 aliphatic carbocycles. The van der Waals surface area contributed by atoms with Gasteiger partial charge in [0.2, 0.25) is 0 Å². The molecule has 1 amide bonds. The lowest BCUT2D eigenvalue weighted by atomic mass is 10.3. The quantitative estimate of drug-likeness (QED) is 0.666. The van der Waals surface area contributed by atoms with Crippen molar-refractivity contribution in [2.24, 2.45) is 0 Å². The van der Waals surface area contributed by atoms with Gasteiger partial charge in [-0.3, -0.25) is 4.79 Å². The Bertz CT molecular complexity index is 375. The second-order valence-electron chi connectivity index (χ2n) is 2.81. The minimum Gasteiger partial charge on any atom is -0.305 e. The van der Waals surface area contributed by atoms with Gasteiger partial charge < -0.3 is 4.90 Å². The first-order chi connectivity index (χ1) is 6.84. The van der Waals surface area contributed by atoms with Crippen LogP contribution in [-0.4, -0.2) is 19.1 Å². The maximum absolute atomic E-state index is 13.0. The fourth-order valence-electron chi connectivity index (χ4n) is 1.02. The third-order valence-electron chi connectivity index (χ3n) is 1.76. The molecule has 0 unspecified atom stereocenters. The number of hydrogen-bond donors (Lipinski definition) is 0. The van der Waals surface area contributed by atoms with Crippen molar-refractivity contribution in [2.75, 3.05) is 11.9 Å². The molecule has 0 aliphatic heterocycles. The largest absolute Gasteiger partial charge is 0.471 e. The van der Waals surface area contributed by atoms with E-state index < -0.39 is 23.6 Å². The Morgan fingerprint density at radius 3 is 2.27 bits per heavy atom. The minimum atomic E-state index is -5.00. The number of amides is 1. The first-order valence-electron chi connectivity index (χ1n) is 3.93. The zero-order valence-corrected chi connectivity index (χ0v) is 7.68. The summed E-state index contributed by atoms with van der Waals surface area (Å²) in [5.74, 6) is -2.98. The Labute approximate surface area is 83.1 Å². The first-order valence-corrected chi connectivity index (χ1v) is 3.93. The molecule has 0 aromatic heterocycles. The van der Waals surface area contributed by atoms with E-state index in [1.165, 1.54) is 12.1 Å². The molecule has 82 valence electrons. The summed E-state index contributed by atoms with van der Waals surface area (Å²) < 4.78 is 49.0. The van der Waals surface area contributed by atoms with E-state index in [4.69, 9.17) is 0 Å². The molecule has 0 saturated carbocycles. The highest BCUT2D eigenvalue weighted by Gasteiger charge is 2.42. The van der Waals surface area contributed by atoms with Gasteiger partial charge in [-0.2, -0.15) is 13.2 Å². The zero-order valence-electron chi connectivity index (χ0n) is 7.68. The van der Waals surface area contributed by atoms with Crippen molar-refractivity contribution >= 4 is 11.6 Å². The molecule has 0 N–H and O–H groups in total. The average molecular weight is 221 g/mol. The van der Waals surface area contributed by atoms with Crippen LogP contribution in [0.3, 0.4) is 0 Å². The van der Waals surface area contributed by atoms with Crippen molar-refractivity contribution in [3.63, 3.8) is 0 Å². The third kappa shape index (κ3) is 2.45. The summed E-state index contributed by atoms with van der Waals surface area (Å²) in [6, 6.07) is 4.75. The number of para-hydroxylation sites is 1. The topological polar surface area (TPSA) is 20.3 Å². The number of anilines is 1. The SMILES string of the molecule is CN(C(=O)C(F)(F)F)c1ccccc1F. The smallest absolute Gasteiger partial charge is 0.305 e. The van der Waals surface area contributed by atoms with Crippen LogP contribution in [0.25, 0.3) is 0 Å². The standard InChI is InChI=1S/C9H7F4NO/c1-14(8(15)9(11,12)13)7-5-3-2-4-6(7)10/h2-5H,1H3. The van der Waals surface area contributed by atoms with Gasteiger partial charge in [-0.25, -0.2) is 4.39 Å². The van der Waals surface area contributed by atoms with Crippen molar-refractivity contribution in [1.82, 2.24) is 0 Å². The van der Waals surface area contributed by atoms with Gasteiger partial charge in [0.15, 0.2) is 0 Å². The van der Waals surface area contributed by atoms with Crippen LogP contribution in [0, 0.1) is 5.82 Å². The molecule has 0 fully saturated rings. The molecule has 0 atom stereocenters. The molecule has 0 saturated heterocycles. The lowest BCUT2D eigenvalue weighted by Crippen LogP contribution is -2.38. The van der Waals surface area contributed by atoms with E-state index in [1.807, 2.05) is 0 Å². The van der Waals surface area contributed by atoms with Crippen LogP contribution in [0.4, 0.5) is 23.2 Å². The summed E-state index contributed by atoms with van der Waals surface area (Å²) in [4.78, 5) is 11.0. The average Bonchev–Trinajstić information content (AvgIpc) is 2.15. The Morgan fingerprint density at radius 2 is 1.80 bits per heavy atom. The number of nitrogens with zero attached hydrogens (tertiary/aromatic N) is 1. The van der Waals surface area contributed by atoms with Crippen LogP contribution in [0.5, 0.6) is 0 Å².